The summed E-state index contributed by atoms with van der Waals surface area (Å²) in [7, 11) is 0. The number of carbonyl (C=O) groups excluding carboxylic acids is 1. The SMILES string of the molecule is O=C(c1ccccc1)c1ccc(OCCC(CS)C(=O)O)cc1O. The number of carboxylic acids is 1. The number of thiol groups is 1. The van der Waals surface area contributed by atoms with Crippen LogP contribution in [-0.4, -0.2) is 34.3 Å². The van der Waals surface area contributed by atoms with Gasteiger partial charge in [-0.25, -0.2) is 0 Å². The molecule has 1 unspecified atom stereocenters. The smallest absolute Gasteiger partial charge is 0.307 e. The number of phenolic OH excluding ortho intramolecular Hbond substituents is 1. The minimum Gasteiger partial charge on any atom is -0.507 e. The lowest BCUT2D eigenvalue weighted by Crippen LogP contribution is -2.18. The standard InChI is InChI=1S/C18H18O5S/c19-16-10-14(23-9-8-13(11-24)18(21)22)6-7-15(16)17(20)12-4-2-1-3-5-12/h1-7,10,13,19,24H,8-9,11H2,(H,21,22). The molecule has 2 aromatic carbocycles. The molecule has 24 heavy (non-hydrogen) atoms. The van der Waals surface area contributed by atoms with Gasteiger partial charge in [-0.2, -0.15) is 12.6 Å². The van der Waals surface area contributed by atoms with Crippen LogP contribution in [0.15, 0.2) is 48.5 Å². The molecule has 0 amide bonds. The lowest BCUT2D eigenvalue weighted by Gasteiger charge is -2.11. The number of aliphatic carboxylic acids is 1. The number of benzene rings is 2. The Bertz CT molecular complexity index is 715. The topological polar surface area (TPSA) is 83.8 Å². The number of ether oxygens (including phenoxy) is 1. The van der Waals surface area contributed by atoms with Crippen LogP contribution in [0.5, 0.6) is 11.5 Å². The minimum absolute atomic E-state index is 0.176. The van der Waals surface area contributed by atoms with Gasteiger partial charge >= 0.3 is 5.97 Å². The Morgan fingerprint density at radius 1 is 1.12 bits per heavy atom. The van der Waals surface area contributed by atoms with E-state index in [2.05, 4.69) is 12.6 Å². The number of hydrogen-bond acceptors (Lipinski definition) is 5. The van der Waals surface area contributed by atoms with Crippen molar-refractivity contribution in [2.75, 3.05) is 12.4 Å². The zero-order valence-corrected chi connectivity index (χ0v) is 13.8. The Morgan fingerprint density at radius 2 is 1.83 bits per heavy atom. The lowest BCUT2D eigenvalue weighted by molar-refractivity contribution is -0.141. The van der Waals surface area contributed by atoms with Crippen LogP contribution in [0.25, 0.3) is 0 Å². The van der Waals surface area contributed by atoms with E-state index < -0.39 is 11.9 Å². The van der Waals surface area contributed by atoms with Crippen LogP contribution in [-0.2, 0) is 4.79 Å². The quantitative estimate of drug-likeness (QED) is 0.505. The van der Waals surface area contributed by atoms with Crippen LogP contribution in [0.1, 0.15) is 22.3 Å². The van der Waals surface area contributed by atoms with Gasteiger partial charge in [0.2, 0.25) is 0 Å². The first-order valence-electron chi connectivity index (χ1n) is 7.42. The van der Waals surface area contributed by atoms with Gasteiger partial charge in [-0.15, -0.1) is 0 Å². The average molecular weight is 346 g/mol. The first-order valence-corrected chi connectivity index (χ1v) is 8.05. The van der Waals surface area contributed by atoms with E-state index in [-0.39, 0.29) is 29.5 Å². The van der Waals surface area contributed by atoms with Crippen molar-refractivity contribution in [3.63, 3.8) is 0 Å². The third-order valence-corrected chi connectivity index (χ3v) is 4.00. The van der Waals surface area contributed by atoms with E-state index in [9.17, 15) is 14.7 Å². The van der Waals surface area contributed by atoms with Crippen molar-refractivity contribution < 1.29 is 24.5 Å². The molecule has 0 bridgehead atoms. The van der Waals surface area contributed by atoms with Crippen LogP contribution in [0.3, 0.4) is 0 Å². The van der Waals surface area contributed by atoms with E-state index in [4.69, 9.17) is 9.84 Å². The first-order chi connectivity index (χ1) is 11.5. The second-order valence-corrected chi connectivity index (χ2v) is 5.59. The normalized spacial score (nSPS) is 11.7. The number of rotatable bonds is 8. The fourth-order valence-electron chi connectivity index (χ4n) is 2.15. The number of phenols is 1. The van der Waals surface area contributed by atoms with Crippen molar-refractivity contribution in [2.24, 2.45) is 5.92 Å². The molecular weight excluding hydrogens is 328 g/mol. The van der Waals surface area contributed by atoms with Crippen molar-refractivity contribution in [3.05, 3.63) is 59.7 Å². The second-order valence-electron chi connectivity index (χ2n) is 5.23. The van der Waals surface area contributed by atoms with Gasteiger partial charge in [-0.3, -0.25) is 9.59 Å². The number of carbonyl (C=O) groups is 2. The number of hydrogen-bond donors (Lipinski definition) is 3. The van der Waals surface area contributed by atoms with E-state index in [1.165, 1.54) is 12.1 Å². The molecule has 2 N–H and O–H groups in total. The number of ketones is 1. The zero-order valence-electron chi connectivity index (χ0n) is 12.9. The average Bonchev–Trinajstić information content (AvgIpc) is 2.58. The highest BCUT2D eigenvalue weighted by Gasteiger charge is 2.16. The summed E-state index contributed by atoms with van der Waals surface area (Å²) in [6, 6.07) is 13.1. The summed E-state index contributed by atoms with van der Waals surface area (Å²) in [5.41, 5.74) is 0.673. The Hall–Kier alpha value is -2.47. The molecule has 126 valence electrons. The maximum absolute atomic E-state index is 12.3. The van der Waals surface area contributed by atoms with Gasteiger partial charge in [0.15, 0.2) is 5.78 Å². The summed E-state index contributed by atoms with van der Waals surface area (Å²) in [5.74, 6) is -1.35. The Labute approximate surface area is 145 Å². The van der Waals surface area contributed by atoms with Crippen LogP contribution in [0, 0.1) is 5.92 Å². The van der Waals surface area contributed by atoms with Crippen molar-refractivity contribution in [1.29, 1.82) is 0 Å². The first kappa shape index (κ1) is 17.9. The predicted molar refractivity (Wildman–Crippen MR) is 93.1 cm³/mol. The van der Waals surface area contributed by atoms with E-state index in [0.29, 0.717) is 17.7 Å². The molecule has 2 rings (SSSR count). The van der Waals surface area contributed by atoms with Gasteiger partial charge in [-0.1, -0.05) is 30.3 Å². The summed E-state index contributed by atoms with van der Waals surface area (Å²) in [6.07, 6.45) is 0.310. The maximum atomic E-state index is 12.3. The summed E-state index contributed by atoms with van der Waals surface area (Å²) in [5, 5.41) is 19.0. The van der Waals surface area contributed by atoms with Gasteiger partial charge < -0.3 is 14.9 Å². The number of carboxylic acid groups (broad SMARTS) is 1. The fraction of sp³-hybridized carbons (Fsp3) is 0.222. The van der Waals surface area contributed by atoms with Crippen LogP contribution in [0.2, 0.25) is 0 Å². The van der Waals surface area contributed by atoms with Gasteiger partial charge in [0.05, 0.1) is 18.1 Å². The van der Waals surface area contributed by atoms with Crippen LogP contribution >= 0.6 is 12.6 Å². The zero-order chi connectivity index (χ0) is 17.5. The molecule has 0 spiro atoms. The van der Waals surface area contributed by atoms with Crippen LogP contribution < -0.4 is 4.74 Å². The monoisotopic (exact) mass is 346 g/mol. The molecule has 0 radical (unpaired) electrons. The summed E-state index contributed by atoms with van der Waals surface area (Å²) < 4.78 is 5.44. The third kappa shape index (κ3) is 4.52. The molecule has 0 saturated heterocycles. The third-order valence-electron chi connectivity index (χ3n) is 3.55. The molecule has 2 aromatic rings. The summed E-state index contributed by atoms with van der Waals surface area (Å²) in [6.45, 7) is 0.183. The highest BCUT2D eigenvalue weighted by molar-refractivity contribution is 7.80. The largest absolute Gasteiger partial charge is 0.507 e. The molecule has 0 fully saturated rings. The fourth-order valence-corrected chi connectivity index (χ4v) is 2.49. The number of aromatic hydroxyl groups is 1. The lowest BCUT2D eigenvalue weighted by atomic mass is 10.0. The van der Waals surface area contributed by atoms with E-state index in [1.54, 1.807) is 30.3 Å². The Morgan fingerprint density at radius 3 is 2.42 bits per heavy atom. The molecule has 0 aromatic heterocycles. The molecule has 0 heterocycles. The highest BCUT2D eigenvalue weighted by Crippen LogP contribution is 2.26. The van der Waals surface area contributed by atoms with E-state index in [1.807, 2.05) is 6.07 Å². The van der Waals surface area contributed by atoms with Crippen LogP contribution in [0.4, 0.5) is 0 Å². The van der Waals surface area contributed by atoms with E-state index in [0.717, 1.165) is 0 Å². The molecular formula is C18H18O5S. The Balaban J connectivity index is 2.02. The molecule has 1 atom stereocenters. The van der Waals surface area contributed by atoms with Gasteiger partial charge in [0, 0.05) is 17.4 Å². The van der Waals surface area contributed by atoms with Crippen molar-refractivity contribution in [3.8, 4) is 11.5 Å². The highest BCUT2D eigenvalue weighted by atomic mass is 32.1. The summed E-state index contributed by atoms with van der Waals surface area (Å²) >= 11 is 3.99. The van der Waals surface area contributed by atoms with Gasteiger partial charge in [0.25, 0.3) is 0 Å². The van der Waals surface area contributed by atoms with E-state index >= 15 is 0 Å². The molecule has 6 heteroatoms. The molecule has 0 aliphatic carbocycles. The minimum atomic E-state index is -0.916. The maximum Gasteiger partial charge on any atom is 0.307 e. The van der Waals surface area contributed by atoms with Crippen molar-refractivity contribution in [1.82, 2.24) is 0 Å². The summed E-state index contributed by atoms with van der Waals surface area (Å²) in [4.78, 5) is 23.2. The molecule has 0 aliphatic heterocycles. The van der Waals surface area contributed by atoms with Crippen molar-refractivity contribution in [2.45, 2.75) is 6.42 Å². The molecule has 0 saturated carbocycles. The second kappa shape index (κ2) is 8.40. The van der Waals surface area contributed by atoms with Crippen molar-refractivity contribution >= 4 is 24.4 Å². The molecule has 0 aliphatic rings. The molecule has 5 nitrogen and oxygen atoms in total. The van der Waals surface area contributed by atoms with Gasteiger partial charge in [-0.05, 0) is 18.6 Å². The van der Waals surface area contributed by atoms with Gasteiger partial charge in [0.1, 0.15) is 11.5 Å². The Kier molecular flexibility index (Phi) is 6.26. The predicted octanol–water partition coefficient (Wildman–Crippen LogP) is 3.02.